The highest BCUT2D eigenvalue weighted by molar-refractivity contribution is 6.30. The van der Waals surface area contributed by atoms with Crippen LogP contribution in [0.25, 0.3) is 0 Å². The second-order valence-electron chi connectivity index (χ2n) is 5.18. The van der Waals surface area contributed by atoms with Gasteiger partial charge >= 0.3 is 0 Å². The van der Waals surface area contributed by atoms with Gasteiger partial charge in [-0.1, -0.05) is 17.7 Å². The Morgan fingerprint density at radius 3 is 2.90 bits per heavy atom. The minimum Gasteiger partial charge on any atom is -0.305 e. The maximum absolute atomic E-state index is 11.7. The molecule has 6 heteroatoms. The summed E-state index contributed by atoms with van der Waals surface area (Å²) < 4.78 is 0. The predicted molar refractivity (Wildman–Crippen MR) is 83.0 cm³/mol. The number of carbonyl (C=O) groups is 2. The summed E-state index contributed by atoms with van der Waals surface area (Å²) in [6.07, 6.45) is 0.404. The summed E-state index contributed by atoms with van der Waals surface area (Å²) in [5.74, 6) is -0.737. The third-order valence-electron chi connectivity index (χ3n) is 3.52. The van der Waals surface area contributed by atoms with Crippen molar-refractivity contribution < 1.29 is 9.59 Å². The van der Waals surface area contributed by atoms with Crippen LogP contribution in [0.2, 0.25) is 5.02 Å². The first kappa shape index (κ1) is 15.5. The number of Topliss-reactive ketones (excluding diaryl/α,β-unsaturated/α-hetero) is 1. The van der Waals surface area contributed by atoms with Crippen LogP contribution in [-0.2, 0) is 9.59 Å². The third kappa shape index (κ3) is 3.83. The SMILES string of the molecule is CC(NNc1cccc(Cl)c1)=C1CN(C)CC1C(=O)C=O. The number of benzene rings is 1. The van der Waals surface area contributed by atoms with E-state index in [9.17, 15) is 9.59 Å². The topological polar surface area (TPSA) is 61.4 Å². The number of allylic oxidation sites excluding steroid dienone is 1. The second-order valence-corrected chi connectivity index (χ2v) is 5.62. The number of halogens is 1. The molecule has 112 valence electrons. The number of hydrogen-bond donors (Lipinski definition) is 2. The van der Waals surface area contributed by atoms with Gasteiger partial charge in [-0.2, -0.15) is 0 Å². The van der Waals surface area contributed by atoms with Crippen LogP contribution in [0.15, 0.2) is 35.5 Å². The zero-order valence-electron chi connectivity index (χ0n) is 12.0. The first-order valence-electron chi connectivity index (χ1n) is 6.66. The molecule has 5 nitrogen and oxygen atoms in total. The average molecular weight is 308 g/mol. The van der Waals surface area contributed by atoms with E-state index < -0.39 is 0 Å². The standard InChI is InChI=1S/C15H18ClN3O2/c1-10(17-18-12-5-3-4-11(16)6-12)13-7-19(2)8-14(13)15(21)9-20/h3-6,9,14,17-18H,7-8H2,1-2H3. The largest absolute Gasteiger partial charge is 0.305 e. The Hall–Kier alpha value is -1.85. The third-order valence-corrected chi connectivity index (χ3v) is 3.75. The minimum absolute atomic E-state index is 0.360. The number of aldehydes is 1. The lowest BCUT2D eigenvalue weighted by atomic mass is 9.97. The maximum Gasteiger partial charge on any atom is 0.203 e. The van der Waals surface area contributed by atoms with E-state index in [1.54, 1.807) is 12.1 Å². The first-order chi connectivity index (χ1) is 10.0. The van der Waals surface area contributed by atoms with Crippen molar-refractivity contribution in [3.63, 3.8) is 0 Å². The predicted octanol–water partition coefficient (Wildman–Crippen LogP) is 1.86. The van der Waals surface area contributed by atoms with Gasteiger partial charge in [0.2, 0.25) is 5.78 Å². The summed E-state index contributed by atoms with van der Waals surface area (Å²) in [5.41, 5.74) is 8.72. The average Bonchev–Trinajstić information content (AvgIpc) is 2.86. The molecule has 1 aromatic rings. The highest BCUT2D eigenvalue weighted by atomic mass is 35.5. The van der Waals surface area contributed by atoms with Crippen LogP contribution >= 0.6 is 11.6 Å². The van der Waals surface area contributed by atoms with Crippen molar-refractivity contribution in [2.45, 2.75) is 6.92 Å². The van der Waals surface area contributed by atoms with Crippen LogP contribution in [0.1, 0.15) is 6.92 Å². The Balaban J connectivity index is 2.10. The summed E-state index contributed by atoms with van der Waals surface area (Å²) >= 11 is 5.92. The molecule has 1 aliphatic heterocycles. The normalized spacial score (nSPS) is 21.0. The van der Waals surface area contributed by atoms with Crippen LogP contribution in [0.3, 0.4) is 0 Å². The summed E-state index contributed by atoms with van der Waals surface area (Å²) in [6.45, 7) is 3.13. The van der Waals surface area contributed by atoms with Crippen LogP contribution in [0.4, 0.5) is 5.69 Å². The van der Waals surface area contributed by atoms with Crippen molar-refractivity contribution >= 4 is 29.4 Å². The van der Waals surface area contributed by atoms with Gasteiger partial charge in [-0.3, -0.25) is 9.59 Å². The van der Waals surface area contributed by atoms with Crippen LogP contribution in [-0.4, -0.2) is 37.1 Å². The van der Waals surface area contributed by atoms with Gasteiger partial charge in [0.1, 0.15) is 0 Å². The molecule has 0 aliphatic carbocycles. The van der Waals surface area contributed by atoms with Gasteiger partial charge in [0, 0.05) is 23.8 Å². The van der Waals surface area contributed by atoms with Crippen molar-refractivity contribution in [1.29, 1.82) is 0 Å². The molecule has 0 bridgehead atoms. The minimum atomic E-state index is -0.377. The summed E-state index contributed by atoms with van der Waals surface area (Å²) in [4.78, 5) is 24.5. The zero-order valence-corrected chi connectivity index (χ0v) is 12.8. The fraction of sp³-hybridized carbons (Fsp3) is 0.333. The number of rotatable bonds is 5. The van der Waals surface area contributed by atoms with Crippen molar-refractivity contribution in [2.75, 3.05) is 25.6 Å². The fourth-order valence-corrected chi connectivity index (χ4v) is 2.61. The molecule has 0 spiro atoms. The lowest BCUT2D eigenvalue weighted by Crippen LogP contribution is -2.25. The van der Waals surface area contributed by atoms with Crippen LogP contribution in [0, 0.1) is 5.92 Å². The molecule has 1 saturated heterocycles. The molecule has 1 aliphatic rings. The molecule has 0 saturated carbocycles. The van der Waals surface area contributed by atoms with Crippen molar-refractivity contribution in [3.05, 3.63) is 40.6 Å². The number of ketones is 1. The molecule has 2 rings (SSSR count). The van der Waals surface area contributed by atoms with Gasteiger partial charge in [0.05, 0.1) is 11.6 Å². The number of anilines is 1. The number of likely N-dealkylation sites (N-methyl/N-ethyl adjacent to an activating group) is 1. The number of likely N-dealkylation sites (tertiary alicyclic amines) is 1. The van der Waals surface area contributed by atoms with Crippen molar-refractivity contribution in [2.24, 2.45) is 5.92 Å². The Kier molecular flexibility index (Phi) is 4.98. The van der Waals surface area contributed by atoms with Crippen LogP contribution < -0.4 is 10.9 Å². The molecule has 0 amide bonds. The smallest absolute Gasteiger partial charge is 0.203 e. The van der Waals surface area contributed by atoms with E-state index in [1.165, 1.54) is 0 Å². The van der Waals surface area contributed by atoms with Gasteiger partial charge in [0.15, 0.2) is 6.29 Å². The molecule has 1 heterocycles. The molecule has 2 N–H and O–H groups in total. The Morgan fingerprint density at radius 1 is 1.48 bits per heavy atom. The van der Waals surface area contributed by atoms with Gasteiger partial charge in [-0.25, -0.2) is 0 Å². The molecular formula is C15H18ClN3O2. The number of hydrazine groups is 1. The van der Waals surface area contributed by atoms with Gasteiger partial charge in [-0.05, 0) is 37.7 Å². The molecular weight excluding hydrogens is 290 g/mol. The van der Waals surface area contributed by atoms with E-state index in [0.717, 1.165) is 17.0 Å². The summed E-state index contributed by atoms with van der Waals surface area (Å²) in [6, 6.07) is 7.31. The van der Waals surface area contributed by atoms with E-state index in [0.29, 0.717) is 24.4 Å². The Bertz CT molecular complexity index is 586. The van der Waals surface area contributed by atoms with Gasteiger partial charge in [0.25, 0.3) is 0 Å². The second kappa shape index (κ2) is 6.74. The maximum atomic E-state index is 11.7. The number of carbonyl (C=O) groups excluding carboxylic acids is 2. The molecule has 1 aromatic carbocycles. The molecule has 1 fully saturated rings. The molecule has 21 heavy (non-hydrogen) atoms. The highest BCUT2D eigenvalue weighted by Gasteiger charge is 2.32. The van der Waals surface area contributed by atoms with Crippen molar-refractivity contribution in [1.82, 2.24) is 10.3 Å². The molecule has 1 atom stereocenters. The number of nitrogens with zero attached hydrogens (tertiary/aromatic N) is 1. The first-order valence-corrected chi connectivity index (χ1v) is 7.04. The number of hydrogen-bond acceptors (Lipinski definition) is 5. The van der Waals surface area contributed by atoms with E-state index in [1.807, 2.05) is 31.0 Å². The highest BCUT2D eigenvalue weighted by Crippen LogP contribution is 2.24. The Morgan fingerprint density at radius 2 is 2.24 bits per heavy atom. The number of nitrogens with one attached hydrogen (secondary N) is 2. The molecule has 0 aromatic heterocycles. The molecule has 1 unspecified atom stereocenters. The van der Waals surface area contributed by atoms with Gasteiger partial charge < -0.3 is 15.8 Å². The van der Waals surface area contributed by atoms with Crippen molar-refractivity contribution in [3.8, 4) is 0 Å². The summed E-state index contributed by atoms with van der Waals surface area (Å²) in [5, 5.41) is 0.640. The lowest BCUT2D eigenvalue weighted by Gasteiger charge is -2.15. The summed E-state index contributed by atoms with van der Waals surface area (Å²) in [7, 11) is 1.93. The Labute approximate surface area is 128 Å². The van der Waals surface area contributed by atoms with E-state index in [2.05, 4.69) is 10.9 Å². The lowest BCUT2D eigenvalue weighted by molar-refractivity contribution is -0.131. The fourth-order valence-electron chi connectivity index (χ4n) is 2.42. The quantitative estimate of drug-likeness (QED) is 0.494. The van der Waals surface area contributed by atoms with E-state index in [-0.39, 0.29) is 11.7 Å². The zero-order chi connectivity index (χ0) is 15.4. The molecule has 0 radical (unpaired) electrons. The monoisotopic (exact) mass is 307 g/mol. The van der Waals surface area contributed by atoms with Gasteiger partial charge in [-0.15, -0.1) is 0 Å². The van der Waals surface area contributed by atoms with E-state index in [4.69, 9.17) is 11.6 Å². The van der Waals surface area contributed by atoms with E-state index >= 15 is 0 Å². The van der Waals surface area contributed by atoms with Crippen LogP contribution in [0.5, 0.6) is 0 Å².